The summed E-state index contributed by atoms with van der Waals surface area (Å²) in [5.74, 6) is -0.331. The number of hydrogen-bond donors (Lipinski definition) is 6. The van der Waals surface area contributed by atoms with Crippen LogP contribution in [-0.2, 0) is 4.74 Å². The van der Waals surface area contributed by atoms with Gasteiger partial charge in [0.05, 0.1) is 24.8 Å². The Balaban J connectivity index is 0.00000306. The van der Waals surface area contributed by atoms with Gasteiger partial charge >= 0.3 is 11.3 Å². The van der Waals surface area contributed by atoms with Crippen LogP contribution < -0.4 is 21.9 Å². The van der Waals surface area contributed by atoms with Gasteiger partial charge in [-0.05, 0) is 19.1 Å². The van der Waals surface area contributed by atoms with Gasteiger partial charge in [-0.2, -0.15) is 0 Å². The Kier molecular flexibility index (Phi) is 7.06. The van der Waals surface area contributed by atoms with Crippen molar-refractivity contribution in [2.24, 2.45) is 0 Å². The number of aliphatic hydroxyl groups excluding tert-OH is 3. The highest BCUT2D eigenvalue weighted by atomic mass is 35.5. The Morgan fingerprint density at radius 3 is 2.30 bits per heavy atom. The van der Waals surface area contributed by atoms with Gasteiger partial charge in [0.2, 0.25) is 12.0 Å². The number of aliphatic hydroxyl groups is 3. The van der Waals surface area contributed by atoms with Crippen LogP contribution in [0.5, 0.6) is 28.7 Å². The summed E-state index contributed by atoms with van der Waals surface area (Å²) in [5.41, 5.74) is 0.532. The smallest absolute Gasteiger partial charge is 0.402 e. The summed E-state index contributed by atoms with van der Waals surface area (Å²) < 4.78 is 22.4. The van der Waals surface area contributed by atoms with Gasteiger partial charge in [-0.15, -0.1) is 0 Å². The average molecular weight is 483 g/mol. The Morgan fingerprint density at radius 1 is 0.879 bits per heavy atom. The molecular formula is C22H23ClO10. The number of ether oxygens (including phenoxy) is 3. The molecule has 11 heteroatoms. The van der Waals surface area contributed by atoms with Gasteiger partial charge in [0.1, 0.15) is 35.2 Å². The number of rotatable bonds is 4. The van der Waals surface area contributed by atoms with Crippen LogP contribution in [0.1, 0.15) is 6.92 Å². The highest BCUT2D eigenvalue weighted by molar-refractivity contribution is 5.88. The van der Waals surface area contributed by atoms with Gasteiger partial charge in [-0.25, -0.2) is 4.42 Å². The van der Waals surface area contributed by atoms with Crippen LogP contribution in [0.4, 0.5) is 0 Å². The molecule has 10 nitrogen and oxygen atoms in total. The standard InChI is InChI=1S/C22H22O10.ClH/c1-9-18(26)19(27)20(28)22(30-9)32-17-8-12-14(25)6-11(23)7-15(12)31-21(17)10-3-4-13(24)16(5-10)29-2;/h3-9,18-20,22,26-28H,1-2H3,(H2-,23,24,25);1H/t9-,18-,19+,20+,22-;/m0./s1. The van der Waals surface area contributed by atoms with Crippen molar-refractivity contribution >= 4 is 11.0 Å². The lowest BCUT2D eigenvalue weighted by Crippen LogP contribution is -3.00. The number of phenols is 3. The molecule has 2 heterocycles. The largest absolute Gasteiger partial charge is 1.00 e. The first-order chi connectivity index (χ1) is 15.2. The summed E-state index contributed by atoms with van der Waals surface area (Å²) in [5, 5.41) is 60.6. The molecule has 0 spiro atoms. The predicted molar refractivity (Wildman–Crippen MR) is 111 cm³/mol. The fourth-order valence-electron chi connectivity index (χ4n) is 3.53. The van der Waals surface area contributed by atoms with Crippen molar-refractivity contribution in [3.63, 3.8) is 0 Å². The van der Waals surface area contributed by atoms with E-state index in [-0.39, 0.29) is 57.9 Å². The summed E-state index contributed by atoms with van der Waals surface area (Å²) in [6, 6.07) is 8.23. The van der Waals surface area contributed by atoms with E-state index < -0.39 is 30.7 Å². The fraction of sp³-hybridized carbons (Fsp3) is 0.318. The predicted octanol–water partition coefficient (Wildman–Crippen LogP) is -1.28. The van der Waals surface area contributed by atoms with Crippen LogP contribution in [0, 0.1) is 0 Å². The minimum absolute atomic E-state index is 0. The van der Waals surface area contributed by atoms with Crippen LogP contribution in [0.2, 0.25) is 0 Å². The SMILES string of the molecule is COc1cc(-c2[o+]c3cc(O)cc(O)c3cc2O[C@@H]2O[C@@H](C)[C@H](O)[C@@H](O)[C@H]2O)ccc1O.[Cl-]. The molecule has 6 N–H and O–H groups in total. The first kappa shape index (κ1) is 24.6. The molecule has 0 saturated carbocycles. The van der Waals surface area contributed by atoms with Crippen molar-refractivity contribution < 1.29 is 61.7 Å². The van der Waals surface area contributed by atoms with Crippen molar-refractivity contribution in [1.82, 2.24) is 0 Å². The van der Waals surface area contributed by atoms with Gasteiger partial charge in [-0.1, -0.05) is 0 Å². The molecule has 178 valence electrons. The molecule has 1 fully saturated rings. The summed E-state index contributed by atoms with van der Waals surface area (Å²) in [6.07, 6.45) is -6.60. The third kappa shape index (κ3) is 4.56. The zero-order valence-corrected chi connectivity index (χ0v) is 18.3. The van der Waals surface area contributed by atoms with Crippen LogP contribution in [0.25, 0.3) is 22.3 Å². The van der Waals surface area contributed by atoms with Crippen molar-refractivity contribution in [2.45, 2.75) is 37.6 Å². The summed E-state index contributed by atoms with van der Waals surface area (Å²) >= 11 is 0. The van der Waals surface area contributed by atoms with E-state index in [9.17, 15) is 30.6 Å². The molecule has 0 aliphatic carbocycles. The first-order valence-electron chi connectivity index (χ1n) is 9.76. The number of phenolic OH excluding ortho intramolecular Hbond substituents is 3. The molecule has 0 amide bonds. The Labute approximate surface area is 194 Å². The fourth-order valence-corrected chi connectivity index (χ4v) is 3.53. The van der Waals surface area contributed by atoms with Gasteiger partial charge in [0.15, 0.2) is 11.5 Å². The van der Waals surface area contributed by atoms with Gasteiger partial charge in [0.25, 0.3) is 0 Å². The number of benzene rings is 2. The molecule has 5 atom stereocenters. The Morgan fingerprint density at radius 2 is 1.61 bits per heavy atom. The van der Waals surface area contributed by atoms with Crippen molar-refractivity contribution in [1.29, 1.82) is 0 Å². The third-order valence-electron chi connectivity index (χ3n) is 5.31. The second kappa shape index (κ2) is 9.46. The van der Waals surface area contributed by atoms with E-state index in [1.165, 1.54) is 44.4 Å². The van der Waals surface area contributed by atoms with E-state index >= 15 is 0 Å². The molecule has 0 radical (unpaired) electrons. The minimum Gasteiger partial charge on any atom is -1.00 e. The number of hydrogen-bond acceptors (Lipinski definition) is 9. The van der Waals surface area contributed by atoms with Crippen LogP contribution >= 0.6 is 0 Å². The van der Waals surface area contributed by atoms with Gasteiger partial charge < -0.3 is 57.3 Å². The second-order valence-electron chi connectivity index (χ2n) is 7.50. The monoisotopic (exact) mass is 482 g/mol. The molecule has 0 unspecified atom stereocenters. The highest BCUT2D eigenvalue weighted by Gasteiger charge is 2.44. The van der Waals surface area contributed by atoms with E-state index in [4.69, 9.17) is 18.6 Å². The van der Waals surface area contributed by atoms with Crippen molar-refractivity contribution in [3.05, 3.63) is 36.4 Å². The second-order valence-corrected chi connectivity index (χ2v) is 7.50. The van der Waals surface area contributed by atoms with E-state index in [0.717, 1.165) is 6.07 Å². The van der Waals surface area contributed by atoms with E-state index in [2.05, 4.69) is 0 Å². The maximum absolute atomic E-state index is 10.3. The molecule has 1 aliphatic rings. The lowest BCUT2D eigenvalue weighted by Gasteiger charge is -2.38. The van der Waals surface area contributed by atoms with E-state index in [0.29, 0.717) is 5.56 Å². The minimum atomic E-state index is -1.58. The molecule has 3 aromatic rings. The summed E-state index contributed by atoms with van der Waals surface area (Å²) in [4.78, 5) is 0. The molecule has 2 aromatic carbocycles. The maximum Gasteiger partial charge on any atom is 0.402 e. The lowest BCUT2D eigenvalue weighted by atomic mass is 10.00. The molecule has 1 aliphatic heterocycles. The van der Waals surface area contributed by atoms with Crippen LogP contribution in [-0.4, -0.2) is 68.5 Å². The normalized spacial score (nSPS) is 24.8. The highest BCUT2D eigenvalue weighted by Crippen LogP contribution is 2.42. The number of aromatic hydroxyl groups is 3. The molecule has 0 bridgehead atoms. The maximum atomic E-state index is 10.3. The molecule has 1 saturated heterocycles. The van der Waals surface area contributed by atoms with Gasteiger partial charge in [-0.3, -0.25) is 0 Å². The number of halogens is 1. The summed E-state index contributed by atoms with van der Waals surface area (Å²) in [7, 11) is 1.38. The zero-order chi connectivity index (χ0) is 23.2. The molecule has 33 heavy (non-hydrogen) atoms. The third-order valence-corrected chi connectivity index (χ3v) is 5.31. The molecule has 4 rings (SSSR count). The average Bonchev–Trinajstić information content (AvgIpc) is 2.76. The van der Waals surface area contributed by atoms with E-state index in [1.54, 1.807) is 0 Å². The Hall–Kier alpha value is -3.02. The molecule has 1 aromatic heterocycles. The molecular weight excluding hydrogens is 460 g/mol. The topological polar surface area (TPSA) is 160 Å². The van der Waals surface area contributed by atoms with Gasteiger partial charge in [0, 0.05) is 18.2 Å². The first-order valence-corrected chi connectivity index (χ1v) is 9.76. The van der Waals surface area contributed by atoms with Crippen molar-refractivity contribution in [2.75, 3.05) is 7.11 Å². The number of fused-ring (bicyclic) bond motifs is 1. The lowest BCUT2D eigenvalue weighted by molar-refractivity contribution is -0.268. The number of methoxy groups -OCH3 is 1. The van der Waals surface area contributed by atoms with Crippen LogP contribution in [0.15, 0.2) is 40.8 Å². The van der Waals surface area contributed by atoms with Crippen LogP contribution in [0.3, 0.4) is 0 Å². The zero-order valence-electron chi connectivity index (χ0n) is 17.5. The van der Waals surface area contributed by atoms with E-state index in [1.807, 2.05) is 0 Å². The summed E-state index contributed by atoms with van der Waals surface area (Å²) in [6.45, 7) is 1.52. The van der Waals surface area contributed by atoms with Crippen molar-refractivity contribution in [3.8, 4) is 40.1 Å². The Bertz CT molecular complexity index is 1150. The quantitative estimate of drug-likeness (QED) is 0.247.